The number of amides is 2. The summed E-state index contributed by atoms with van der Waals surface area (Å²) in [5.41, 5.74) is 0.832. The van der Waals surface area contributed by atoms with Crippen LogP contribution < -0.4 is 5.32 Å². The van der Waals surface area contributed by atoms with Crippen LogP contribution in [-0.2, 0) is 6.54 Å². The number of benzene rings is 1. The number of rotatable bonds is 4. The quantitative estimate of drug-likeness (QED) is 0.910. The maximum absolute atomic E-state index is 12.2. The molecule has 6 nitrogen and oxygen atoms in total. The molecular weight excluding hydrogens is 328 g/mol. The zero-order valence-corrected chi connectivity index (χ0v) is 14.4. The molecule has 0 aliphatic heterocycles. The third-order valence-corrected chi connectivity index (χ3v) is 4.62. The molecule has 24 heavy (non-hydrogen) atoms. The number of hydrogen-bond acceptors (Lipinski definition) is 4. The Morgan fingerprint density at radius 1 is 1.29 bits per heavy atom. The lowest BCUT2D eigenvalue weighted by Gasteiger charge is -2.33. The van der Waals surface area contributed by atoms with Gasteiger partial charge in [0.1, 0.15) is 6.54 Å². The molecule has 3 rings (SSSR count). The van der Waals surface area contributed by atoms with E-state index in [1.165, 1.54) is 6.42 Å². The first kappa shape index (κ1) is 16.8. The Bertz CT molecular complexity index is 680. The SMILES string of the molecule is CNC(=O)N(Cc1nc(-c2ccc(Cl)cc2)no1)C1CCCCC1. The number of halogens is 1. The molecule has 1 aliphatic rings. The highest BCUT2D eigenvalue weighted by atomic mass is 35.5. The summed E-state index contributed by atoms with van der Waals surface area (Å²) >= 11 is 5.89. The Morgan fingerprint density at radius 3 is 2.67 bits per heavy atom. The predicted octanol–water partition coefficient (Wildman–Crippen LogP) is 3.86. The largest absolute Gasteiger partial charge is 0.341 e. The number of aromatic nitrogens is 2. The Morgan fingerprint density at radius 2 is 2.00 bits per heavy atom. The van der Waals surface area contributed by atoms with Gasteiger partial charge >= 0.3 is 6.03 Å². The molecule has 0 saturated heterocycles. The minimum absolute atomic E-state index is 0.104. The molecule has 0 radical (unpaired) electrons. The van der Waals surface area contributed by atoms with E-state index in [-0.39, 0.29) is 12.1 Å². The molecular formula is C17H21ClN4O2. The number of nitrogens with one attached hydrogen (secondary N) is 1. The fourth-order valence-corrected chi connectivity index (χ4v) is 3.21. The molecule has 1 heterocycles. The van der Waals surface area contributed by atoms with Crippen molar-refractivity contribution in [3.8, 4) is 11.4 Å². The molecule has 0 bridgehead atoms. The lowest BCUT2D eigenvalue weighted by molar-refractivity contribution is 0.142. The number of urea groups is 1. The van der Waals surface area contributed by atoms with Crippen LogP contribution in [0.3, 0.4) is 0 Å². The van der Waals surface area contributed by atoms with Gasteiger partial charge in [0.15, 0.2) is 0 Å². The van der Waals surface area contributed by atoms with Crippen LogP contribution in [0.25, 0.3) is 11.4 Å². The molecule has 2 aromatic rings. The molecule has 1 N–H and O–H groups in total. The monoisotopic (exact) mass is 348 g/mol. The van der Waals surface area contributed by atoms with Gasteiger partial charge in [0.25, 0.3) is 0 Å². The van der Waals surface area contributed by atoms with Crippen molar-refractivity contribution in [3.05, 3.63) is 35.2 Å². The molecule has 2 amide bonds. The zero-order valence-electron chi connectivity index (χ0n) is 13.7. The lowest BCUT2D eigenvalue weighted by atomic mass is 9.94. The standard InChI is InChI=1S/C17H21ClN4O2/c1-19-17(23)22(14-5-3-2-4-6-14)11-15-20-16(21-24-15)12-7-9-13(18)10-8-12/h7-10,14H,2-6,11H2,1H3,(H,19,23). The highest BCUT2D eigenvalue weighted by Gasteiger charge is 2.26. The van der Waals surface area contributed by atoms with Gasteiger partial charge < -0.3 is 14.7 Å². The van der Waals surface area contributed by atoms with Gasteiger partial charge in [-0.1, -0.05) is 36.0 Å². The van der Waals surface area contributed by atoms with Crippen molar-refractivity contribution in [2.75, 3.05) is 7.05 Å². The first-order valence-electron chi connectivity index (χ1n) is 8.24. The van der Waals surface area contributed by atoms with Crippen LogP contribution in [-0.4, -0.2) is 34.2 Å². The summed E-state index contributed by atoms with van der Waals surface area (Å²) in [5, 5.41) is 7.38. The van der Waals surface area contributed by atoms with Gasteiger partial charge in [-0.25, -0.2) is 4.79 Å². The number of carbonyl (C=O) groups excluding carboxylic acids is 1. The normalized spacial score (nSPS) is 15.2. The van der Waals surface area contributed by atoms with E-state index < -0.39 is 0 Å². The lowest BCUT2D eigenvalue weighted by Crippen LogP contribution is -2.45. The summed E-state index contributed by atoms with van der Waals surface area (Å²) in [6, 6.07) is 7.37. The van der Waals surface area contributed by atoms with Gasteiger partial charge in [-0.05, 0) is 37.1 Å². The second-order valence-corrected chi connectivity index (χ2v) is 6.43. The fourth-order valence-electron chi connectivity index (χ4n) is 3.08. The van der Waals surface area contributed by atoms with Gasteiger partial charge in [0.2, 0.25) is 11.7 Å². The van der Waals surface area contributed by atoms with E-state index in [4.69, 9.17) is 16.1 Å². The van der Waals surface area contributed by atoms with Gasteiger partial charge in [0.05, 0.1) is 0 Å². The summed E-state index contributed by atoms with van der Waals surface area (Å²) in [7, 11) is 1.64. The summed E-state index contributed by atoms with van der Waals surface area (Å²) in [4.78, 5) is 18.5. The average Bonchev–Trinajstić information content (AvgIpc) is 3.09. The molecule has 0 spiro atoms. The van der Waals surface area contributed by atoms with Crippen LogP contribution >= 0.6 is 11.6 Å². The molecule has 1 saturated carbocycles. The predicted molar refractivity (Wildman–Crippen MR) is 91.6 cm³/mol. The van der Waals surface area contributed by atoms with Crippen LogP contribution in [0.5, 0.6) is 0 Å². The number of hydrogen-bond donors (Lipinski definition) is 1. The third kappa shape index (κ3) is 3.87. The molecule has 128 valence electrons. The molecule has 1 aromatic carbocycles. The van der Waals surface area contributed by atoms with Crippen LogP contribution in [0.15, 0.2) is 28.8 Å². The van der Waals surface area contributed by atoms with Crippen LogP contribution in [0.1, 0.15) is 38.0 Å². The van der Waals surface area contributed by atoms with E-state index in [0.29, 0.717) is 23.3 Å². The first-order chi connectivity index (χ1) is 11.7. The Kier molecular flexibility index (Phi) is 5.35. The van der Waals surface area contributed by atoms with Crippen molar-refractivity contribution < 1.29 is 9.32 Å². The highest BCUT2D eigenvalue weighted by molar-refractivity contribution is 6.30. The third-order valence-electron chi connectivity index (χ3n) is 4.37. The minimum Gasteiger partial charge on any atom is -0.341 e. The van der Waals surface area contributed by atoms with Crippen molar-refractivity contribution in [1.29, 1.82) is 0 Å². The van der Waals surface area contributed by atoms with Gasteiger partial charge in [-0.3, -0.25) is 0 Å². The van der Waals surface area contributed by atoms with Crippen LogP contribution in [0, 0.1) is 0 Å². The number of nitrogens with zero attached hydrogens (tertiary/aromatic N) is 3. The zero-order chi connectivity index (χ0) is 16.9. The average molecular weight is 349 g/mol. The Hall–Kier alpha value is -2.08. The summed E-state index contributed by atoms with van der Waals surface area (Å²) in [6.07, 6.45) is 5.58. The smallest absolute Gasteiger partial charge is 0.317 e. The second-order valence-electron chi connectivity index (χ2n) is 5.99. The van der Waals surface area contributed by atoms with Crippen LogP contribution in [0.2, 0.25) is 5.02 Å². The molecule has 0 unspecified atom stereocenters. The van der Waals surface area contributed by atoms with Crippen molar-refractivity contribution >= 4 is 17.6 Å². The van der Waals surface area contributed by atoms with E-state index in [0.717, 1.165) is 31.2 Å². The maximum Gasteiger partial charge on any atom is 0.317 e. The summed E-state index contributed by atoms with van der Waals surface area (Å²) in [5.74, 6) is 0.941. The van der Waals surface area contributed by atoms with E-state index in [1.54, 1.807) is 24.1 Å². The fraction of sp³-hybridized carbons (Fsp3) is 0.471. The molecule has 1 aromatic heterocycles. The van der Waals surface area contributed by atoms with E-state index in [9.17, 15) is 4.79 Å². The van der Waals surface area contributed by atoms with Crippen molar-refractivity contribution in [3.63, 3.8) is 0 Å². The van der Waals surface area contributed by atoms with Gasteiger partial charge in [-0.15, -0.1) is 0 Å². The summed E-state index contributed by atoms with van der Waals surface area (Å²) < 4.78 is 5.35. The summed E-state index contributed by atoms with van der Waals surface area (Å²) in [6.45, 7) is 0.324. The van der Waals surface area contributed by atoms with E-state index >= 15 is 0 Å². The molecule has 1 fully saturated rings. The van der Waals surface area contributed by atoms with Crippen LogP contribution in [0.4, 0.5) is 4.79 Å². The van der Waals surface area contributed by atoms with Crippen molar-refractivity contribution in [2.24, 2.45) is 0 Å². The molecule has 0 atom stereocenters. The maximum atomic E-state index is 12.2. The minimum atomic E-state index is -0.104. The van der Waals surface area contributed by atoms with E-state index in [2.05, 4.69) is 15.5 Å². The van der Waals surface area contributed by atoms with Gasteiger partial charge in [-0.2, -0.15) is 4.98 Å². The molecule has 1 aliphatic carbocycles. The van der Waals surface area contributed by atoms with Crippen molar-refractivity contribution in [1.82, 2.24) is 20.4 Å². The van der Waals surface area contributed by atoms with Crippen molar-refractivity contribution in [2.45, 2.75) is 44.7 Å². The Balaban J connectivity index is 1.75. The topological polar surface area (TPSA) is 71.3 Å². The Labute approximate surface area is 146 Å². The highest BCUT2D eigenvalue weighted by Crippen LogP contribution is 2.25. The van der Waals surface area contributed by atoms with E-state index in [1.807, 2.05) is 12.1 Å². The first-order valence-corrected chi connectivity index (χ1v) is 8.62. The van der Waals surface area contributed by atoms with Gasteiger partial charge in [0, 0.05) is 23.7 Å². The second kappa shape index (κ2) is 7.66. The molecule has 7 heteroatoms. The number of carbonyl (C=O) groups is 1.